The molecule has 0 atom stereocenters. The summed E-state index contributed by atoms with van der Waals surface area (Å²) in [5, 5.41) is 0. The Morgan fingerprint density at radius 2 is 0.658 bits per heavy atom. The van der Waals surface area contributed by atoms with Crippen LogP contribution >= 0.6 is 0 Å². The first-order chi connectivity index (χ1) is 37.7. The van der Waals surface area contributed by atoms with Crippen molar-refractivity contribution < 1.29 is 0 Å². The zero-order valence-corrected chi connectivity index (χ0v) is 41.0. The zero-order chi connectivity index (χ0) is 50.3. The summed E-state index contributed by atoms with van der Waals surface area (Å²) in [5.41, 5.74) is 22.6. The lowest BCUT2D eigenvalue weighted by Crippen LogP contribution is -1.94. The lowest BCUT2D eigenvalue weighted by atomic mass is 9.83. The molecule has 0 aliphatic heterocycles. The van der Waals surface area contributed by atoms with E-state index in [1.54, 1.807) is 0 Å². The van der Waals surface area contributed by atoms with Gasteiger partial charge in [0.2, 0.25) is 17.2 Å². The van der Waals surface area contributed by atoms with E-state index >= 15 is 0 Å². The van der Waals surface area contributed by atoms with Gasteiger partial charge in [-0.15, -0.1) is 0 Å². The van der Waals surface area contributed by atoms with Gasteiger partial charge in [-0.05, 0) is 146 Å². The van der Waals surface area contributed by atoms with Crippen LogP contribution in [0.1, 0.15) is 0 Å². The lowest BCUT2D eigenvalue weighted by molar-refractivity contribution is 1.11. The fraction of sp³-hybridized carbons (Fsp3) is 0. The van der Waals surface area contributed by atoms with Gasteiger partial charge in [-0.1, -0.05) is 182 Å². The number of fused-ring (bicyclic) bond motifs is 10. The van der Waals surface area contributed by atoms with Crippen molar-refractivity contribution in [2.45, 2.75) is 0 Å². The predicted octanol–water partition coefficient (Wildman–Crippen LogP) is 17.7. The second kappa shape index (κ2) is 17.3. The second-order valence-corrected chi connectivity index (χ2v) is 19.3. The van der Waals surface area contributed by atoms with Crippen LogP contribution in [0.4, 0.5) is 5.69 Å². The molecule has 0 saturated heterocycles. The van der Waals surface area contributed by atoms with E-state index in [0.29, 0.717) is 5.69 Å². The zero-order valence-electron chi connectivity index (χ0n) is 41.0. The third-order valence-corrected chi connectivity index (χ3v) is 15.0. The third kappa shape index (κ3) is 6.75. The van der Waals surface area contributed by atoms with Crippen molar-refractivity contribution in [3.05, 3.63) is 272 Å². The van der Waals surface area contributed by atoms with Crippen molar-refractivity contribution in [1.29, 1.82) is 0 Å². The standard InChI is InChI=1S/C69H43N7/c1-70-67-65(48-26-14-5-15-27-48)56(51-32-36-57-61(42-51)75-63-40-49(45-20-8-2-9-21-45)34-38-59(63)73(68(75)71-57)53-28-16-6-17-29-53)44-55(47-24-12-4-13-25-47)66(67)52-33-37-58-62(43-52)76-64-41-50(46-22-10-3-11-23-46)35-39-60(64)74(69(76)72-58)54-30-18-7-19-31-54/h2-44H. The maximum Gasteiger partial charge on any atom is 0.220 e. The summed E-state index contributed by atoms with van der Waals surface area (Å²) in [7, 11) is 0. The van der Waals surface area contributed by atoms with Gasteiger partial charge < -0.3 is 0 Å². The Balaban J connectivity index is 1.00. The van der Waals surface area contributed by atoms with Crippen molar-refractivity contribution >= 4 is 61.4 Å². The minimum Gasteiger partial charge on any atom is -0.278 e. The molecule has 0 bridgehead atoms. The Bertz CT molecular complexity index is 4780. The molecular formula is C69H43N7. The number of nitrogens with zero attached hydrogens (tertiary/aromatic N) is 7. The number of hydrogen-bond donors (Lipinski definition) is 0. The van der Waals surface area contributed by atoms with Gasteiger partial charge >= 0.3 is 0 Å². The first-order valence-corrected chi connectivity index (χ1v) is 25.5. The molecule has 0 radical (unpaired) electrons. The van der Waals surface area contributed by atoms with Crippen LogP contribution in [0.2, 0.25) is 0 Å². The van der Waals surface area contributed by atoms with Gasteiger partial charge in [0.1, 0.15) is 0 Å². The molecule has 15 rings (SSSR count). The molecule has 0 spiro atoms. The van der Waals surface area contributed by atoms with Crippen LogP contribution in [0.3, 0.4) is 0 Å². The average Bonchev–Trinajstić information content (AvgIpc) is 4.37. The van der Waals surface area contributed by atoms with Crippen molar-refractivity contribution in [2.24, 2.45) is 0 Å². The molecule has 7 heteroatoms. The molecule has 4 aromatic heterocycles. The number of imidazole rings is 4. The monoisotopic (exact) mass is 969 g/mol. The first-order valence-electron chi connectivity index (χ1n) is 25.5. The van der Waals surface area contributed by atoms with Crippen molar-refractivity contribution in [1.82, 2.24) is 27.9 Å². The third-order valence-electron chi connectivity index (χ3n) is 15.0. The highest BCUT2D eigenvalue weighted by atomic mass is 15.2. The van der Waals surface area contributed by atoms with Crippen molar-refractivity contribution in [3.8, 4) is 78.1 Å². The van der Waals surface area contributed by atoms with Crippen LogP contribution in [-0.4, -0.2) is 27.9 Å². The molecule has 0 unspecified atom stereocenters. The van der Waals surface area contributed by atoms with Gasteiger partial charge in [0, 0.05) is 11.4 Å². The summed E-state index contributed by atoms with van der Waals surface area (Å²) in [6, 6.07) is 91.7. The molecule has 0 amide bonds. The van der Waals surface area contributed by atoms with E-state index in [1.807, 2.05) is 24.3 Å². The number of rotatable bonds is 8. The van der Waals surface area contributed by atoms with Gasteiger partial charge in [0.15, 0.2) is 0 Å². The Morgan fingerprint density at radius 1 is 0.289 bits per heavy atom. The van der Waals surface area contributed by atoms with Gasteiger partial charge in [-0.3, -0.25) is 17.9 Å². The molecule has 11 aromatic carbocycles. The fourth-order valence-electron chi connectivity index (χ4n) is 11.5. The summed E-state index contributed by atoms with van der Waals surface area (Å²) in [4.78, 5) is 15.3. The van der Waals surface area contributed by atoms with Gasteiger partial charge in [-0.2, -0.15) is 0 Å². The maximum atomic E-state index is 9.29. The highest BCUT2D eigenvalue weighted by Gasteiger charge is 2.26. The quantitative estimate of drug-likeness (QED) is 0.142. The van der Waals surface area contributed by atoms with E-state index < -0.39 is 0 Å². The Kier molecular flexibility index (Phi) is 9.81. The highest BCUT2D eigenvalue weighted by Crippen LogP contribution is 2.51. The highest BCUT2D eigenvalue weighted by molar-refractivity contribution is 6.08. The average molecular weight is 970 g/mol. The largest absolute Gasteiger partial charge is 0.278 e. The normalized spacial score (nSPS) is 11.7. The van der Waals surface area contributed by atoms with Crippen molar-refractivity contribution in [3.63, 3.8) is 0 Å². The van der Waals surface area contributed by atoms with Crippen LogP contribution in [0.25, 0.3) is 139 Å². The van der Waals surface area contributed by atoms with Gasteiger partial charge in [-0.25, -0.2) is 14.8 Å². The SMILES string of the molecule is [C-]#[N+]c1c(-c2ccccc2)c(-c2ccc3nc4n(-c5ccccc5)c5ccc(-c6ccccc6)cc5n4c3c2)cc(-c2ccccc2)c1-c1ccc2nc3n(-c4ccccc4)c4ccc(-c5ccccc5)cc4n3c2c1. The second-order valence-electron chi connectivity index (χ2n) is 19.3. The number of aromatic nitrogens is 6. The molecule has 0 aliphatic carbocycles. The van der Waals surface area contributed by atoms with Crippen LogP contribution in [0.15, 0.2) is 261 Å². The van der Waals surface area contributed by atoms with Crippen LogP contribution in [-0.2, 0) is 0 Å². The topological polar surface area (TPSA) is 48.8 Å². The van der Waals surface area contributed by atoms with E-state index in [-0.39, 0.29) is 0 Å². The van der Waals surface area contributed by atoms with Gasteiger partial charge in [0.25, 0.3) is 0 Å². The Morgan fingerprint density at radius 3 is 1.13 bits per heavy atom. The molecule has 0 fully saturated rings. The number of para-hydroxylation sites is 2. The van der Waals surface area contributed by atoms with E-state index in [2.05, 4.69) is 259 Å². The minimum atomic E-state index is 0.576. The molecule has 0 saturated carbocycles. The van der Waals surface area contributed by atoms with Crippen LogP contribution in [0.5, 0.6) is 0 Å². The molecule has 7 nitrogen and oxygen atoms in total. The Labute approximate surface area is 437 Å². The van der Waals surface area contributed by atoms with Crippen LogP contribution < -0.4 is 0 Å². The molecule has 4 heterocycles. The van der Waals surface area contributed by atoms with Crippen LogP contribution in [0, 0.1) is 6.57 Å². The van der Waals surface area contributed by atoms with Gasteiger partial charge in [0.05, 0.1) is 50.7 Å². The summed E-state index contributed by atoms with van der Waals surface area (Å²) < 4.78 is 9.10. The molecule has 0 N–H and O–H groups in total. The summed E-state index contributed by atoms with van der Waals surface area (Å²) in [6.07, 6.45) is 0. The molecule has 76 heavy (non-hydrogen) atoms. The van der Waals surface area contributed by atoms with E-state index in [9.17, 15) is 6.57 Å². The number of benzene rings is 11. The summed E-state index contributed by atoms with van der Waals surface area (Å²) in [6.45, 7) is 9.29. The van der Waals surface area contributed by atoms with E-state index in [4.69, 9.17) is 9.97 Å². The minimum absolute atomic E-state index is 0.576. The molecular weight excluding hydrogens is 927 g/mol. The summed E-state index contributed by atoms with van der Waals surface area (Å²) in [5.74, 6) is 1.65. The lowest BCUT2D eigenvalue weighted by Gasteiger charge is -2.21. The molecule has 354 valence electrons. The summed E-state index contributed by atoms with van der Waals surface area (Å²) >= 11 is 0. The first kappa shape index (κ1) is 43.1. The van der Waals surface area contributed by atoms with E-state index in [1.165, 1.54) is 0 Å². The Hall–Kier alpha value is -10.6. The number of hydrogen-bond acceptors (Lipinski definition) is 2. The molecule has 0 aliphatic rings. The van der Waals surface area contributed by atoms with E-state index in [0.717, 1.165) is 134 Å². The smallest absolute Gasteiger partial charge is 0.220 e. The van der Waals surface area contributed by atoms with Crippen molar-refractivity contribution in [2.75, 3.05) is 0 Å². The maximum absolute atomic E-state index is 9.29. The molecule has 15 aromatic rings. The fourth-order valence-corrected chi connectivity index (χ4v) is 11.5. The predicted molar refractivity (Wildman–Crippen MR) is 311 cm³/mol.